The summed E-state index contributed by atoms with van der Waals surface area (Å²) in [4.78, 5) is 19.2. The Hall–Kier alpha value is -6.93. The number of nitrogens with one attached hydrogen (secondary N) is 1. The highest BCUT2D eigenvalue weighted by Gasteiger charge is 2.41. The van der Waals surface area contributed by atoms with Crippen LogP contribution in [0.5, 0.6) is 17.2 Å². The lowest BCUT2D eigenvalue weighted by Crippen LogP contribution is -2.47. The molecule has 3 heterocycles. The monoisotopic (exact) mass is 1100 g/mol. The van der Waals surface area contributed by atoms with E-state index >= 15 is 0 Å². The SMILES string of the molecule is CC1(C)CCC(CN2CCN(c3ccc(C(=O)NS(=O)(=O)c4ccc(OCC5CCOCC5)c(Cl)c4)c(Oc4cccc5c4cnn5C(c4ccccc4)(c4ccccc4)c4ccccc4)c3)CC2)=C(c2ccc(Cl)cc2)C1. The third-order valence-electron chi connectivity index (χ3n) is 15.7. The number of carbonyl (C=O) groups is 1. The van der Waals surface area contributed by atoms with Gasteiger partial charge in [0.15, 0.2) is 0 Å². The molecule has 1 N–H and O–H groups in total. The van der Waals surface area contributed by atoms with Gasteiger partial charge in [-0.1, -0.05) is 152 Å². The van der Waals surface area contributed by atoms with E-state index in [-0.39, 0.29) is 26.6 Å². The number of amides is 1. The first-order valence-corrected chi connectivity index (χ1v) is 29.1. The zero-order chi connectivity index (χ0) is 53.9. The molecule has 2 saturated heterocycles. The van der Waals surface area contributed by atoms with E-state index in [1.165, 1.54) is 34.9 Å². The molecule has 2 fully saturated rings. The standard InChI is InChI=1S/C64H63Cl2N5O6S/c1-63(2)32-29-47(55(41-63)46-21-23-51(65)24-22-46)43-69-33-35-70(36-34-69)52-25-27-54(62(72)68-78(73,74)53-26-28-60(57(66)40-53)76-44-45-30-37-75-38-31-45)61(39-52)77-59-20-12-19-58-56(59)42-67-71(58)64(48-13-6-3-7-14-48,49-15-8-4-9-16-49)50-17-10-5-11-18-50/h3-28,39-40,42,45H,29-38,41,43-44H2,1-2H3,(H,68,72). The van der Waals surface area contributed by atoms with Crippen molar-refractivity contribution < 1.29 is 27.4 Å². The molecule has 78 heavy (non-hydrogen) atoms. The van der Waals surface area contributed by atoms with Crippen LogP contribution in [0.25, 0.3) is 16.5 Å². The van der Waals surface area contributed by atoms with E-state index in [1.54, 1.807) is 12.3 Å². The van der Waals surface area contributed by atoms with E-state index in [4.69, 9.17) is 42.5 Å². The van der Waals surface area contributed by atoms with Gasteiger partial charge in [-0.15, -0.1) is 0 Å². The van der Waals surface area contributed by atoms with Gasteiger partial charge in [-0.2, -0.15) is 5.10 Å². The number of hydrogen-bond acceptors (Lipinski definition) is 9. The molecule has 14 heteroatoms. The average Bonchev–Trinajstić information content (AvgIpc) is 3.97. The van der Waals surface area contributed by atoms with Crippen LogP contribution in [0.1, 0.15) is 78.6 Å². The number of halogens is 2. The molecule has 8 aromatic rings. The second-order valence-corrected chi connectivity index (χ2v) is 23.9. The highest BCUT2D eigenvalue weighted by molar-refractivity contribution is 7.90. The van der Waals surface area contributed by atoms with Gasteiger partial charge < -0.3 is 19.1 Å². The van der Waals surface area contributed by atoms with Crippen LogP contribution < -0.4 is 19.1 Å². The Morgan fingerprint density at radius 1 is 0.744 bits per heavy atom. The number of piperazine rings is 1. The molecule has 400 valence electrons. The van der Waals surface area contributed by atoms with Crippen molar-refractivity contribution in [1.29, 1.82) is 0 Å². The highest BCUT2D eigenvalue weighted by atomic mass is 35.5. The van der Waals surface area contributed by atoms with Crippen LogP contribution in [0, 0.1) is 11.3 Å². The van der Waals surface area contributed by atoms with E-state index in [9.17, 15) is 13.2 Å². The summed E-state index contributed by atoms with van der Waals surface area (Å²) in [5.74, 6) is 0.429. The molecule has 3 aliphatic rings. The molecule has 0 saturated carbocycles. The van der Waals surface area contributed by atoms with Gasteiger partial charge in [0.05, 0.1) is 39.2 Å². The van der Waals surface area contributed by atoms with Crippen molar-refractivity contribution in [3.8, 4) is 17.2 Å². The Bertz CT molecular complexity index is 3470. The average molecular weight is 1100 g/mol. The molecule has 7 aromatic carbocycles. The summed E-state index contributed by atoms with van der Waals surface area (Å²) >= 11 is 13.0. The molecule has 11 rings (SSSR count). The molecule has 11 nitrogen and oxygen atoms in total. The molecular formula is C64H63Cl2N5O6S. The topological polar surface area (TPSA) is 115 Å². The summed E-state index contributed by atoms with van der Waals surface area (Å²) in [5, 5.41) is 6.74. The Labute approximate surface area is 467 Å². The number of nitrogens with zero attached hydrogens (tertiary/aromatic N) is 4. The van der Waals surface area contributed by atoms with Gasteiger partial charge in [0, 0.05) is 62.7 Å². The largest absolute Gasteiger partial charge is 0.492 e. The number of ether oxygens (including phenoxy) is 3. The highest BCUT2D eigenvalue weighted by Crippen LogP contribution is 2.46. The summed E-state index contributed by atoms with van der Waals surface area (Å²) in [7, 11) is -4.43. The van der Waals surface area contributed by atoms with Crippen molar-refractivity contribution in [3.05, 3.63) is 219 Å². The number of sulfonamides is 1. The maximum Gasteiger partial charge on any atom is 0.268 e. The Morgan fingerprint density at radius 2 is 1.40 bits per heavy atom. The van der Waals surface area contributed by atoms with Gasteiger partial charge in [0.1, 0.15) is 22.8 Å². The molecule has 1 amide bonds. The summed E-state index contributed by atoms with van der Waals surface area (Å²) in [6.45, 7) is 10.5. The van der Waals surface area contributed by atoms with Crippen LogP contribution in [0.2, 0.25) is 10.0 Å². The van der Waals surface area contributed by atoms with E-state index in [0.29, 0.717) is 42.6 Å². The van der Waals surface area contributed by atoms with Crippen molar-refractivity contribution in [2.45, 2.75) is 56.4 Å². The van der Waals surface area contributed by atoms with Crippen molar-refractivity contribution in [1.82, 2.24) is 19.4 Å². The quantitative estimate of drug-likeness (QED) is 0.0945. The second kappa shape index (κ2) is 22.8. The number of anilines is 1. The first-order valence-electron chi connectivity index (χ1n) is 26.8. The lowest BCUT2D eigenvalue weighted by molar-refractivity contribution is 0.0497. The van der Waals surface area contributed by atoms with E-state index in [1.807, 2.05) is 102 Å². The molecule has 0 radical (unpaired) electrons. The minimum Gasteiger partial charge on any atom is -0.492 e. The van der Waals surface area contributed by atoms with Gasteiger partial charge in [0.25, 0.3) is 15.9 Å². The Kier molecular flexibility index (Phi) is 15.5. The van der Waals surface area contributed by atoms with Crippen molar-refractivity contribution >= 4 is 61.3 Å². The fourth-order valence-corrected chi connectivity index (χ4v) is 12.8. The van der Waals surface area contributed by atoms with E-state index in [0.717, 1.165) is 97.7 Å². The third-order valence-corrected chi connectivity index (χ3v) is 17.6. The lowest BCUT2D eigenvalue weighted by Gasteiger charge is -2.39. The van der Waals surface area contributed by atoms with Crippen LogP contribution in [0.3, 0.4) is 0 Å². The third kappa shape index (κ3) is 11.2. The molecule has 1 aromatic heterocycles. The zero-order valence-electron chi connectivity index (χ0n) is 43.9. The number of fused-ring (bicyclic) bond motifs is 1. The minimum absolute atomic E-state index is 0.0296. The lowest BCUT2D eigenvalue weighted by atomic mass is 9.72. The number of rotatable bonds is 16. The Balaban J connectivity index is 0.921. The fourth-order valence-electron chi connectivity index (χ4n) is 11.4. The number of carbonyl (C=O) groups excluding carboxylic acids is 1. The van der Waals surface area contributed by atoms with Crippen LogP contribution in [0.4, 0.5) is 5.69 Å². The maximum absolute atomic E-state index is 14.6. The van der Waals surface area contributed by atoms with Crippen LogP contribution in [0.15, 0.2) is 187 Å². The summed E-state index contributed by atoms with van der Waals surface area (Å²) < 4.78 is 51.0. The predicted octanol–water partition coefficient (Wildman–Crippen LogP) is 13.7. The molecule has 0 atom stereocenters. The van der Waals surface area contributed by atoms with Crippen molar-refractivity contribution in [3.63, 3.8) is 0 Å². The number of aromatic nitrogens is 2. The predicted molar refractivity (Wildman–Crippen MR) is 311 cm³/mol. The first-order chi connectivity index (χ1) is 37.8. The van der Waals surface area contributed by atoms with Gasteiger partial charge in [-0.3, -0.25) is 9.69 Å². The van der Waals surface area contributed by atoms with Crippen LogP contribution >= 0.6 is 23.2 Å². The number of benzene rings is 7. The molecular weight excluding hydrogens is 1040 g/mol. The van der Waals surface area contributed by atoms with Crippen LogP contribution in [-0.4, -0.2) is 81.5 Å². The van der Waals surface area contributed by atoms with Crippen molar-refractivity contribution in [2.75, 3.05) is 57.4 Å². The molecule has 0 unspecified atom stereocenters. The van der Waals surface area contributed by atoms with E-state index in [2.05, 4.69) is 76.9 Å². The normalized spacial score (nSPS) is 16.5. The number of allylic oxidation sites excluding steroid dienone is 1. The molecule has 1 aliphatic carbocycles. The van der Waals surface area contributed by atoms with Crippen molar-refractivity contribution in [2.24, 2.45) is 11.3 Å². The zero-order valence-corrected chi connectivity index (χ0v) is 46.2. The number of hydrogen-bond donors (Lipinski definition) is 1. The maximum atomic E-state index is 14.6. The smallest absolute Gasteiger partial charge is 0.268 e. The van der Waals surface area contributed by atoms with E-state index < -0.39 is 21.5 Å². The summed E-state index contributed by atoms with van der Waals surface area (Å²) in [6.07, 6.45) is 6.75. The summed E-state index contributed by atoms with van der Waals surface area (Å²) in [5.41, 5.74) is 8.11. The minimum atomic E-state index is -4.43. The Morgan fingerprint density at radius 3 is 2.04 bits per heavy atom. The molecule has 0 bridgehead atoms. The summed E-state index contributed by atoms with van der Waals surface area (Å²) in [6, 6.07) is 54.6. The van der Waals surface area contributed by atoms with Crippen LogP contribution in [-0.2, 0) is 20.3 Å². The molecule has 2 aliphatic heterocycles. The molecule has 0 spiro atoms. The van der Waals surface area contributed by atoms with Gasteiger partial charge >= 0.3 is 0 Å². The fraction of sp³-hybridized carbons (Fsp3) is 0.281. The van der Waals surface area contributed by atoms with Gasteiger partial charge in [-0.25, -0.2) is 17.8 Å². The van der Waals surface area contributed by atoms with Gasteiger partial charge in [-0.05, 0) is 126 Å². The van der Waals surface area contributed by atoms with Gasteiger partial charge in [0.2, 0.25) is 0 Å². The second-order valence-electron chi connectivity index (χ2n) is 21.4. The first kappa shape index (κ1) is 53.1.